The van der Waals surface area contributed by atoms with Gasteiger partial charge >= 0.3 is 0 Å². The van der Waals surface area contributed by atoms with Crippen molar-refractivity contribution >= 4 is 0 Å². The second-order valence-electron chi connectivity index (χ2n) is 4.83. The van der Waals surface area contributed by atoms with Gasteiger partial charge in [-0.3, -0.25) is 4.68 Å². The van der Waals surface area contributed by atoms with Crippen LogP contribution in [0.4, 0.5) is 0 Å². The maximum absolute atomic E-state index is 9.68. The lowest BCUT2D eigenvalue weighted by Gasteiger charge is -2.33. The second kappa shape index (κ2) is 4.55. The van der Waals surface area contributed by atoms with Crippen LogP contribution in [0.3, 0.4) is 0 Å². The zero-order valence-corrected chi connectivity index (χ0v) is 10.1. The molecular weight excluding hydrogens is 202 g/mol. The standard InChI is InChI=1S/C12H21N3O/c1-3-13-12(9-16,11-4-5-11)8-15-7-10(2)6-14-15/h6-7,11,13,16H,3-5,8-9H2,1-2H3. The van der Waals surface area contributed by atoms with Gasteiger partial charge in [0.05, 0.1) is 24.9 Å². The summed E-state index contributed by atoms with van der Waals surface area (Å²) in [6, 6.07) is 0. The fourth-order valence-corrected chi connectivity index (χ4v) is 2.39. The first-order valence-electron chi connectivity index (χ1n) is 6.05. The molecule has 0 bridgehead atoms. The van der Waals surface area contributed by atoms with Crippen molar-refractivity contribution in [3.8, 4) is 0 Å². The molecule has 2 N–H and O–H groups in total. The summed E-state index contributed by atoms with van der Waals surface area (Å²) < 4.78 is 1.94. The van der Waals surface area contributed by atoms with E-state index >= 15 is 0 Å². The lowest BCUT2D eigenvalue weighted by molar-refractivity contribution is 0.120. The fourth-order valence-electron chi connectivity index (χ4n) is 2.39. The van der Waals surface area contributed by atoms with E-state index in [1.54, 1.807) is 0 Å². The summed E-state index contributed by atoms with van der Waals surface area (Å²) in [6.07, 6.45) is 6.33. The molecule has 1 aromatic rings. The van der Waals surface area contributed by atoms with Gasteiger partial charge in [0.1, 0.15) is 0 Å². The highest BCUT2D eigenvalue weighted by atomic mass is 16.3. The fraction of sp³-hybridized carbons (Fsp3) is 0.750. The van der Waals surface area contributed by atoms with E-state index in [1.807, 2.05) is 24.0 Å². The summed E-state index contributed by atoms with van der Waals surface area (Å²) in [6.45, 7) is 5.95. The number of aryl methyl sites for hydroxylation is 1. The predicted octanol–water partition coefficient (Wildman–Crippen LogP) is 0.942. The van der Waals surface area contributed by atoms with Crippen molar-refractivity contribution in [1.82, 2.24) is 15.1 Å². The van der Waals surface area contributed by atoms with Gasteiger partial charge in [-0.05, 0) is 37.8 Å². The molecule has 0 saturated heterocycles. The molecule has 2 rings (SSSR count). The number of aliphatic hydroxyl groups excluding tert-OH is 1. The lowest BCUT2D eigenvalue weighted by Crippen LogP contribution is -2.53. The van der Waals surface area contributed by atoms with Crippen LogP contribution in [-0.4, -0.2) is 33.6 Å². The molecular formula is C12H21N3O. The van der Waals surface area contributed by atoms with Crippen molar-refractivity contribution in [1.29, 1.82) is 0 Å². The minimum atomic E-state index is -0.173. The monoisotopic (exact) mass is 223 g/mol. The molecule has 1 aromatic heterocycles. The van der Waals surface area contributed by atoms with E-state index in [0.717, 1.165) is 13.1 Å². The molecule has 0 aliphatic heterocycles. The Kier molecular flexibility index (Phi) is 3.30. The number of nitrogens with one attached hydrogen (secondary N) is 1. The van der Waals surface area contributed by atoms with Gasteiger partial charge in [-0.1, -0.05) is 6.92 Å². The smallest absolute Gasteiger partial charge is 0.0641 e. The molecule has 90 valence electrons. The zero-order valence-electron chi connectivity index (χ0n) is 10.1. The van der Waals surface area contributed by atoms with Crippen LogP contribution in [0.1, 0.15) is 25.3 Å². The lowest BCUT2D eigenvalue weighted by atomic mass is 9.94. The van der Waals surface area contributed by atoms with Gasteiger partial charge < -0.3 is 10.4 Å². The molecule has 1 saturated carbocycles. The predicted molar refractivity (Wildman–Crippen MR) is 63.2 cm³/mol. The Bertz CT molecular complexity index is 346. The molecule has 0 radical (unpaired) electrons. The van der Waals surface area contributed by atoms with E-state index < -0.39 is 0 Å². The summed E-state index contributed by atoms with van der Waals surface area (Å²) >= 11 is 0. The van der Waals surface area contributed by atoms with E-state index in [2.05, 4.69) is 17.3 Å². The molecule has 0 aromatic carbocycles. The van der Waals surface area contributed by atoms with Crippen molar-refractivity contribution in [2.45, 2.75) is 38.8 Å². The highest BCUT2D eigenvalue weighted by Gasteiger charge is 2.44. The molecule has 16 heavy (non-hydrogen) atoms. The first-order valence-corrected chi connectivity index (χ1v) is 6.05. The SMILES string of the molecule is CCNC(CO)(Cn1cc(C)cn1)C1CC1. The van der Waals surface area contributed by atoms with Gasteiger partial charge in [0.2, 0.25) is 0 Å². The van der Waals surface area contributed by atoms with Crippen molar-refractivity contribution < 1.29 is 5.11 Å². The second-order valence-corrected chi connectivity index (χ2v) is 4.83. The number of likely N-dealkylation sites (N-methyl/N-ethyl adjacent to an activating group) is 1. The molecule has 0 spiro atoms. The Labute approximate surface area is 96.7 Å². The summed E-state index contributed by atoms with van der Waals surface area (Å²) in [5.74, 6) is 0.599. The highest BCUT2D eigenvalue weighted by molar-refractivity contribution is 5.04. The zero-order chi connectivity index (χ0) is 11.6. The van der Waals surface area contributed by atoms with Gasteiger partial charge in [-0.15, -0.1) is 0 Å². The number of hydrogen-bond acceptors (Lipinski definition) is 3. The number of aromatic nitrogens is 2. The molecule has 1 atom stereocenters. The van der Waals surface area contributed by atoms with E-state index in [1.165, 1.54) is 18.4 Å². The van der Waals surface area contributed by atoms with Crippen LogP contribution in [0.2, 0.25) is 0 Å². The van der Waals surface area contributed by atoms with Crippen LogP contribution in [0, 0.1) is 12.8 Å². The van der Waals surface area contributed by atoms with E-state index in [4.69, 9.17) is 0 Å². The molecule has 1 aliphatic carbocycles. The third-order valence-corrected chi connectivity index (χ3v) is 3.38. The number of hydrogen-bond donors (Lipinski definition) is 2. The third-order valence-electron chi connectivity index (χ3n) is 3.38. The number of nitrogens with zero attached hydrogens (tertiary/aromatic N) is 2. The quantitative estimate of drug-likeness (QED) is 0.754. The molecule has 0 amide bonds. The van der Waals surface area contributed by atoms with Crippen LogP contribution in [0.5, 0.6) is 0 Å². The number of aliphatic hydroxyl groups is 1. The van der Waals surface area contributed by atoms with Crippen molar-refractivity contribution in [3.05, 3.63) is 18.0 Å². The topological polar surface area (TPSA) is 50.1 Å². The minimum Gasteiger partial charge on any atom is -0.394 e. The summed E-state index contributed by atoms with van der Waals surface area (Å²) in [5, 5.41) is 17.4. The Morgan fingerprint density at radius 3 is 2.81 bits per heavy atom. The molecule has 4 nitrogen and oxygen atoms in total. The van der Waals surface area contributed by atoms with E-state index in [0.29, 0.717) is 5.92 Å². The van der Waals surface area contributed by atoms with Gasteiger partial charge in [-0.2, -0.15) is 5.10 Å². The van der Waals surface area contributed by atoms with E-state index in [-0.39, 0.29) is 12.1 Å². The average Bonchev–Trinajstić information content (AvgIpc) is 3.04. The van der Waals surface area contributed by atoms with Crippen LogP contribution in [-0.2, 0) is 6.54 Å². The Morgan fingerprint density at radius 1 is 1.62 bits per heavy atom. The maximum Gasteiger partial charge on any atom is 0.0641 e. The minimum absolute atomic E-state index is 0.173. The first-order chi connectivity index (χ1) is 7.70. The van der Waals surface area contributed by atoms with Crippen LogP contribution >= 0.6 is 0 Å². The van der Waals surface area contributed by atoms with Crippen LogP contribution in [0.15, 0.2) is 12.4 Å². The molecule has 1 unspecified atom stereocenters. The van der Waals surface area contributed by atoms with E-state index in [9.17, 15) is 5.11 Å². The van der Waals surface area contributed by atoms with Gasteiger partial charge in [0, 0.05) is 6.20 Å². The van der Waals surface area contributed by atoms with Crippen LogP contribution < -0.4 is 5.32 Å². The van der Waals surface area contributed by atoms with Crippen molar-refractivity contribution in [3.63, 3.8) is 0 Å². The maximum atomic E-state index is 9.68. The molecule has 1 heterocycles. The molecule has 1 fully saturated rings. The van der Waals surface area contributed by atoms with Crippen molar-refractivity contribution in [2.75, 3.05) is 13.2 Å². The Balaban J connectivity index is 2.12. The summed E-state index contributed by atoms with van der Waals surface area (Å²) in [4.78, 5) is 0. The summed E-state index contributed by atoms with van der Waals surface area (Å²) in [7, 11) is 0. The van der Waals surface area contributed by atoms with Crippen molar-refractivity contribution in [2.24, 2.45) is 5.92 Å². The Hall–Kier alpha value is -0.870. The van der Waals surface area contributed by atoms with Crippen LogP contribution in [0.25, 0.3) is 0 Å². The first kappa shape index (κ1) is 11.6. The Morgan fingerprint density at radius 2 is 2.38 bits per heavy atom. The molecule has 4 heteroatoms. The summed E-state index contributed by atoms with van der Waals surface area (Å²) in [5.41, 5.74) is 0.992. The number of rotatable bonds is 6. The van der Waals surface area contributed by atoms with Gasteiger partial charge in [-0.25, -0.2) is 0 Å². The third kappa shape index (κ3) is 2.28. The average molecular weight is 223 g/mol. The largest absolute Gasteiger partial charge is 0.394 e. The van der Waals surface area contributed by atoms with Gasteiger partial charge in [0.15, 0.2) is 0 Å². The highest BCUT2D eigenvalue weighted by Crippen LogP contribution is 2.40. The molecule has 1 aliphatic rings. The van der Waals surface area contributed by atoms with Gasteiger partial charge in [0.25, 0.3) is 0 Å². The normalized spacial score (nSPS) is 19.7.